The summed E-state index contributed by atoms with van der Waals surface area (Å²) in [7, 11) is 0. The molecular weight excluding hydrogens is 320 g/mol. The number of hydrogen-bond donors (Lipinski definition) is 1. The molecule has 0 heterocycles. The monoisotopic (exact) mass is 329 g/mol. The maximum atomic E-state index is 10.9. The Balaban J connectivity index is 0.00000120. The standard InChI is InChI=1S/C15H10O2.Ag/c16-15(17)13-6-5-12-7-10-3-1-2-4-11(10)8-14(12)9-13;/h1-9H,(H,16,17);. The van der Waals surface area contributed by atoms with E-state index in [9.17, 15) is 4.79 Å². The van der Waals surface area contributed by atoms with E-state index in [0.717, 1.165) is 16.2 Å². The van der Waals surface area contributed by atoms with Gasteiger partial charge < -0.3 is 5.11 Å². The fourth-order valence-electron chi connectivity index (χ4n) is 2.07. The summed E-state index contributed by atoms with van der Waals surface area (Å²) in [5.74, 6) is -0.889. The summed E-state index contributed by atoms with van der Waals surface area (Å²) in [5.41, 5.74) is 0.327. The first kappa shape index (κ1) is 12.8. The van der Waals surface area contributed by atoms with Gasteiger partial charge in [-0.3, -0.25) is 0 Å². The third-order valence-electron chi connectivity index (χ3n) is 2.95. The molecule has 93 valence electrons. The van der Waals surface area contributed by atoms with Gasteiger partial charge in [-0.15, -0.1) is 0 Å². The first-order valence-corrected chi connectivity index (χ1v) is 5.40. The van der Waals surface area contributed by atoms with Crippen LogP contribution in [0.1, 0.15) is 10.4 Å². The van der Waals surface area contributed by atoms with Crippen molar-refractivity contribution in [3.05, 3.63) is 60.2 Å². The van der Waals surface area contributed by atoms with E-state index < -0.39 is 5.97 Å². The van der Waals surface area contributed by atoms with Crippen LogP contribution in [0.4, 0.5) is 0 Å². The number of aromatic carboxylic acids is 1. The Bertz CT molecular complexity index is 735. The van der Waals surface area contributed by atoms with Crippen molar-refractivity contribution in [1.29, 1.82) is 0 Å². The molecule has 0 atom stereocenters. The van der Waals surface area contributed by atoms with E-state index in [2.05, 4.69) is 12.1 Å². The minimum absolute atomic E-state index is 0. The Morgan fingerprint density at radius 3 is 1.94 bits per heavy atom. The molecule has 1 radical (unpaired) electrons. The molecule has 0 unspecified atom stereocenters. The summed E-state index contributed by atoms with van der Waals surface area (Å²) in [6.07, 6.45) is 0. The summed E-state index contributed by atoms with van der Waals surface area (Å²) >= 11 is 0. The van der Waals surface area contributed by atoms with Crippen molar-refractivity contribution >= 4 is 27.5 Å². The molecule has 0 aliphatic carbocycles. The van der Waals surface area contributed by atoms with Crippen LogP contribution in [0.2, 0.25) is 0 Å². The van der Waals surface area contributed by atoms with Gasteiger partial charge in [-0.1, -0.05) is 30.3 Å². The molecule has 18 heavy (non-hydrogen) atoms. The van der Waals surface area contributed by atoms with Crippen molar-refractivity contribution in [2.75, 3.05) is 0 Å². The van der Waals surface area contributed by atoms with Gasteiger partial charge in [0.1, 0.15) is 0 Å². The van der Waals surface area contributed by atoms with E-state index in [1.807, 2.05) is 30.3 Å². The molecule has 2 nitrogen and oxygen atoms in total. The van der Waals surface area contributed by atoms with Crippen LogP contribution >= 0.6 is 0 Å². The van der Waals surface area contributed by atoms with Crippen molar-refractivity contribution in [2.45, 2.75) is 0 Å². The van der Waals surface area contributed by atoms with Crippen molar-refractivity contribution < 1.29 is 32.3 Å². The Labute approximate surface area is 120 Å². The average Bonchev–Trinajstić information content (AvgIpc) is 2.35. The molecule has 0 bridgehead atoms. The molecule has 0 aliphatic heterocycles. The number of carbonyl (C=O) groups is 1. The van der Waals surface area contributed by atoms with Crippen LogP contribution < -0.4 is 0 Å². The number of carboxylic acid groups (broad SMARTS) is 1. The number of hydrogen-bond acceptors (Lipinski definition) is 1. The zero-order valence-corrected chi connectivity index (χ0v) is 10.8. The third kappa shape index (κ3) is 2.18. The number of carboxylic acids is 1. The van der Waals surface area contributed by atoms with Crippen molar-refractivity contribution in [3.8, 4) is 0 Å². The molecule has 3 aromatic rings. The normalized spacial score (nSPS) is 10.2. The van der Waals surface area contributed by atoms with Gasteiger partial charge in [0.25, 0.3) is 0 Å². The van der Waals surface area contributed by atoms with Gasteiger partial charge in [-0.05, 0) is 45.8 Å². The second-order valence-corrected chi connectivity index (χ2v) is 4.07. The fourth-order valence-corrected chi connectivity index (χ4v) is 2.07. The quantitative estimate of drug-likeness (QED) is 0.546. The zero-order valence-electron chi connectivity index (χ0n) is 9.35. The molecule has 0 saturated carbocycles. The van der Waals surface area contributed by atoms with Crippen LogP contribution in [0, 0.1) is 0 Å². The van der Waals surface area contributed by atoms with Crippen LogP contribution in [0.25, 0.3) is 21.5 Å². The predicted molar refractivity (Wildman–Crippen MR) is 68.4 cm³/mol. The summed E-state index contributed by atoms with van der Waals surface area (Å²) < 4.78 is 0. The topological polar surface area (TPSA) is 37.3 Å². The van der Waals surface area contributed by atoms with Gasteiger partial charge in [0, 0.05) is 22.4 Å². The number of fused-ring (bicyclic) bond motifs is 2. The molecular formula is C15H10AgO2. The Kier molecular flexibility index (Phi) is 3.53. The van der Waals surface area contributed by atoms with Crippen molar-refractivity contribution in [1.82, 2.24) is 0 Å². The largest absolute Gasteiger partial charge is 0.478 e. The molecule has 0 saturated heterocycles. The number of rotatable bonds is 1. The molecule has 3 rings (SSSR count). The van der Waals surface area contributed by atoms with E-state index in [-0.39, 0.29) is 22.4 Å². The average molecular weight is 330 g/mol. The molecule has 3 aromatic carbocycles. The van der Waals surface area contributed by atoms with Gasteiger partial charge in [0.05, 0.1) is 5.56 Å². The van der Waals surface area contributed by atoms with Gasteiger partial charge in [0.2, 0.25) is 0 Å². The minimum Gasteiger partial charge on any atom is -0.478 e. The minimum atomic E-state index is -0.889. The molecule has 0 spiro atoms. The van der Waals surface area contributed by atoms with Crippen LogP contribution in [0.3, 0.4) is 0 Å². The van der Waals surface area contributed by atoms with E-state index in [4.69, 9.17) is 5.11 Å². The Morgan fingerprint density at radius 1 is 0.778 bits per heavy atom. The molecule has 3 heteroatoms. The fraction of sp³-hybridized carbons (Fsp3) is 0. The summed E-state index contributed by atoms with van der Waals surface area (Å²) in [4.78, 5) is 10.9. The first-order chi connectivity index (χ1) is 8.24. The number of benzene rings is 3. The second-order valence-electron chi connectivity index (χ2n) is 4.07. The van der Waals surface area contributed by atoms with Gasteiger partial charge >= 0.3 is 5.97 Å². The van der Waals surface area contributed by atoms with Crippen molar-refractivity contribution in [3.63, 3.8) is 0 Å². The molecule has 0 aliphatic rings. The molecule has 0 aromatic heterocycles. The first-order valence-electron chi connectivity index (χ1n) is 5.40. The summed E-state index contributed by atoms with van der Waals surface area (Å²) in [5, 5.41) is 13.3. The molecule has 0 fully saturated rings. The van der Waals surface area contributed by atoms with E-state index in [1.165, 1.54) is 5.39 Å². The zero-order chi connectivity index (χ0) is 11.8. The summed E-state index contributed by atoms with van der Waals surface area (Å²) in [6, 6.07) is 17.4. The van der Waals surface area contributed by atoms with Gasteiger partial charge in [-0.2, -0.15) is 0 Å². The van der Waals surface area contributed by atoms with Crippen LogP contribution in [0.15, 0.2) is 54.6 Å². The van der Waals surface area contributed by atoms with E-state index >= 15 is 0 Å². The molecule has 0 amide bonds. The van der Waals surface area contributed by atoms with Crippen LogP contribution in [0.5, 0.6) is 0 Å². The van der Waals surface area contributed by atoms with Crippen LogP contribution in [-0.4, -0.2) is 11.1 Å². The van der Waals surface area contributed by atoms with E-state index in [0.29, 0.717) is 5.56 Å². The van der Waals surface area contributed by atoms with Crippen molar-refractivity contribution in [2.24, 2.45) is 0 Å². The SMILES string of the molecule is O=C(O)c1ccc2cc3ccccc3cc2c1.[Ag]. The maximum absolute atomic E-state index is 10.9. The van der Waals surface area contributed by atoms with Crippen LogP contribution in [-0.2, 0) is 22.4 Å². The smallest absolute Gasteiger partial charge is 0.335 e. The predicted octanol–water partition coefficient (Wildman–Crippen LogP) is 3.69. The Hall–Kier alpha value is -1.61. The van der Waals surface area contributed by atoms with Gasteiger partial charge in [0.15, 0.2) is 0 Å². The van der Waals surface area contributed by atoms with E-state index in [1.54, 1.807) is 12.1 Å². The second kappa shape index (κ2) is 4.94. The molecule has 1 N–H and O–H groups in total. The Morgan fingerprint density at radius 2 is 1.33 bits per heavy atom. The third-order valence-corrected chi connectivity index (χ3v) is 2.95. The summed E-state index contributed by atoms with van der Waals surface area (Å²) in [6.45, 7) is 0. The van der Waals surface area contributed by atoms with Gasteiger partial charge in [-0.25, -0.2) is 4.79 Å². The maximum Gasteiger partial charge on any atom is 0.335 e.